The third-order valence-corrected chi connectivity index (χ3v) is 6.24. The number of alkyl halides is 14. The van der Waals surface area contributed by atoms with Gasteiger partial charge in [-0.25, -0.2) is 9.59 Å². The average Bonchev–Trinajstić information content (AvgIpc) is 2.96. The Bertz CT molecular complexity index is 1210. The normalized spacial score (nSPS) is 13.4. The monoisotopic (exact) mass is 694 g/mol. The van der Waals surface area contributed by atoms with E-state index in [1.54, 1.807) is 58.2 Å². The van der Waals surface area contributed by atoms with E-state index in [1.165, 1.54) is 0 Å². The van der Waals surface area contributed by atoms with Gasteiger partial charge in [0, 0.05) is 24.3 Å². The Kier molecular flexibility index (Phi) is 12.0. The van der Waals surface area contributed by atoms with Crippen LogP contribution in [0.5, 0.6) is 0 Å². The first-order valence-electron chi connectivity index (χ1n) is 12.9. The van der Waals surface area contributed by atoms with Gasteiger partial charge in [0.25, 0.3) is 0 Å². The maximum atomic E-state index is 13.2. The molecule has 0 atom stereocenters. The van der Waals surface area contributed by atoms with Gasteiger partial charge in [-0.2, -0.15) is 70.6 Å². The lowest BCUT2D eigenvalue weighted by Crippen LogP contribution is -2.56. The minimum atomic E-state index is -6.66. The lowest BCUT2D eigenvalue weighted by atomic mass is 10.1. The Labute approximate surface area is 250 Å². The van der Waals surface area contributed by atoms with Crippen LogP contribution in [-0.4, -0.2) is 61.2 Å². The standard InChI is InChI=1S/C26H24F14N2O4/c27-21(28,23(31,32)25(35,36)37)19(43)45-15-1-3-17-5-9-41(10-6-17)13-14-42-11-7-18(8-12-42)4-2-16-46-20(44)22(29,30)24(33,34)26(38,39)40/h5-12H,1-4,13-16H2/q+2. The fourth-order valence-corrected chi connectivity index (χ4v) is 3.51. The van der Waals surface area contributed by atoms with Crippen molar-refractivity contribution in [3.8, 4) is 0 Å². The predicted octanol–water partition coefficient (Wildman–Crippen LogP) is 5.58. The van der Waals surface area contributed by atoms with Crippen LogP contribution in [-0.2, 0) is 45.0 Å². The van der Waals surface area contributed by atoms with E-state index in [0.29, 0.717) is 24.2 Å². The number of halogens is 14. The number of carbonyl (C=O) groups excluding carboxylic acids is 2. The number of pyridine rings is 2. The fraction of sp³-hybridized carbons (Fsp3) is 0.538. The van der Waals surface area contributed by atoms with Crippen molar-refractivity contribution >= 4 is 11.9 Å². The molecule has 0 unspecified atom stereocenters. The lowest BCUT2D eigenvalue weighted by Gasteiger charge is -2.26. The average molecular weight is 694 g/mol. The Hall–Kier alpha value is -3.74. The van der Waals surface area contributed by atoms with E-state index in [4.69, 9.17) is 0 Å². The van der Waals surface area contributed by atoms with Crippen LogP contribution in [0.3, 0.4) is 0 Å². The third kappa shape index (κ3) is 8.95. The van der Waals surface area contributed by atoms with Gasteiger partial charge in [-0.05, 0) is 36.8 Å². The molecule has 2 rings (SSSR count). The zero-order valence-electron chi connectivity index (χ0n) is 23.1. The number of aryl methyl sites for hydroxylation is 4. The third-order valence-electron chi connectivity index (χ3n) is 6.24. The molecule has 20 heteroatoms. The number of carbonyl (C=O) groups is 2. The molecule has 0 N–H and O–H groups in total. The molecule has 0 fully saturated rings. The highest BCUT2D eigenvalue weighted by Crippen LogP contribution is 2.48. The van der Waals surface area contributed by atoms with Gasteiger partial charge < -0.3 is 9.47 Å². The van der Waals surface area contributed by atoms with Crippen molar-refractivity contribution in [2.45, 2.75) is 74.8 Å². The molecule has 0 saturated heterocycles. The summed E-state index contributed by atoms with van der Waals surface area (Å²) in [6.45, 7) is -0.855. The molecule has 0 aromatic carbocycles. The predicted molar refractivity (Wildman–Crippen MR) is 124 cm³/mol. The Balaban J connectivity index is 1.74. The zero-order valence-corrected chi connectivity index (χ0v) is 23.1. The van der Waals surface area contributed by atoms with Crippen LogP contribution in [0.2, 0.25) is 0 Å². The number of ether oxygens (including phenoxy) is 2. The van der Waals surface area contributed by atoms with Crippen LogP contribution in [0.15, 0.2) is 49.1 Å². The van der Waals surface area contributed by atoms with Crippen molar-refractivity contribution in [1.82, 2.24) is 0 Å². The molecule has 0 radical (unpaired) electrons. The summed E-state index contributed by atoms with van der Waals surface area (Å²) in [5.74, 6) is -31.4. The molecule has 2 aromatic heterocycles. The second kappa shape index (κ2) is 14.4. The number of hydrogen-bond donors (Lipinski definition) is 0. The molecule has 258 valence electrons. The molecule has 46 heavy (non-hydrogen) atoms. The highest BCUT2D eigenvalue weighted by atomic mass is 19.4. The van der Waals surface area contributed by atoms with Crippen molar-refractivity contribution in [3.63, 3.8) is 0 Å². The summed E-state index contributed by atoms with van der Waals surface area (Å²) in [5.41, 5.74) is 1.19. The number of hydrogen-bond acceptors (Lipinski definition) is 4. The topological polar surface area (TPSA) is 60.4 Å². The molecule has 0 saturated carbocycles. The first-order chi connectivity index (χ1) is 20.9. The Morgan fingerprint density at radius 1 is 0.522 bits per heavy atom. The van der Waals surface area contributed by atoms with Gasteiger partial charge in [0.15, 0.2) is 24.8 Å². The van der Waals surface area contributed by atoms with Crippen LogP contribution in [0, 0.1) is 0 Å². The number of aromatic nitrogens is 2. The SMILES string of the molecule is O=C(OCCCc1cc[n+](CC[n+]2ccc(CCCOC(=O)C(F)(F)C(F)(F)C(F)(F)F)cc2)cc1)C(F)(F)C(F)(F)C(F)(F)F. The maximum absolute atomic E-state index is 13.2. The van der Waals surface area contributed by atoms with Crippen LogP contribution < -0.4 is 9.13 Å². The van der Waals surface area contributed by atoms with E-state index in [9.17, 15) is 71.1 Å². The summed E-state index contributed by atoms with van der Waals surface area (Å²) in [5, 5.41) is 0. The summed E-state index contributed by atoms with van der Waals surface area (Å²) in [6, 6.07) is 6.37. The van der Waals surface area contributed by atoms with Crippen molar-refractivity contribution < 1.29 is 89.7 Å². The van der Waals surface area contributed by atoms with Gasteiger partial charge in [0.1, 0.15) is 0 Å². The van der Waals surface area contributed by atoms with Crippen LogP contribution in [0.1, 0.15) is 24.0 Å². The molecule has 0 bridgehead atoms. The van der Waals surface area contributed by atoms with Gasteiger partial charge in [-0.3, -0.25) is 0 Å². The molecular weight excluding hydrogens is 670 g/mol. The summed E-state index contributed by atoms with van der Waals surface area (Å²) in [6.07, 6.45) is -6.97. The first kappa shape index (κ1) is 38.4. The largest absolute Gasteiger partial charge is 0.461 e. The van der Waals surface area contributed by atoms with Crippen molar-refractivity contribution in [2.24, 2.45) is 0 Å². The highest BCUT2D eigenvalue weighted by molar-refractivity contribution is 5.79. The fourth-order valence-electron chi connectivity index (χ4n) is 3.51. The van der Waals surface area contributed by atoms with E-state index < -0.39 is 61.2 Å². The molecule has 2 aromatic rings. The molecular formula is C26H24F14N2O4+2. The summed E-state index contributed by atoms with van der Waals surface area (Å²) in [4.78, 5) is 22.3. The van der Waals surface area contributed by atoms with E-state index in [0.717, 1.165) is 0 Å². The molecule has 0 amide bonds. The smallest absolute Gasteiger partial charge is 0.460 e. The molecule has 0 aliphatic heterocycles. The summed E-state index contributed by atoms with van der Waals surface area (Å²) < 4.78 is 189. The maximum Gasteiger partial charge on any atom is 0.460 e. The van der Waals surface area contributed by atoms with E-state index >= 15 is 0 Å². The number of nitrogens with zero attached hydrogens (tertiary/aromatic N) is 2. The number of rotatable bonds is 15. The summed E-state index contributed by atoms with van der Waals surface area (Å²) in [7, 11) is 0. The first-order valence-corrected chi connectivity index (χ1v) is 12.9. The second-order valence-corrected chi connectivity index (χ2v) is 9.66. The van der Waals surface area contributed by atoms with Crippen LogP contribution in [0.4, 0.5) is 61.5 Å². The van der Waals surface area contributed by atoms with Crippen LogP contribution in [0.25, 0.3) is 0 Å². The molecule has 0 spiro atoms. The van der Waals surface area contributed by atoms with Gasteiger partial charge in [-0.15, -0.1) is 0 Å². The van der Waals surface area contributed by atoms with Gasteiger partial charge >= 0.3 is 48.0 Å². The molecule has 0 aliphatic carbocycles. The minimum Gasteiger partial charge on any atom is -0.461 e. The van der Waals surface area contributed by atoms with E-state index in [-0.39, 0.29) is 25.7 Å². The quantitative estimate of drug-likeness (QED) is 0.106. The minimum absolute atomic E-state index is 0.104. The molecule has 6 nitrogen and oxygen atoms in total. The van der Waals surface area contributed by atoms with Gasteiger partial charge in [0.2, 0.25) is 13.1 Å². The lowest BCUT2D eigenvalue weighted by molar-refractivity contribution is -0.778. The van der Waals surface area contributed by atoms with Gasteiger partial charge in [-0.1, -0.05) is 0 Å². The molecule has 0 aliphatic rings. The van der Waals surface area contributed by atoms with Crippen molar-refractivity contribution in [2.75, 3.05) is 13.2 Å². The van der Waals surface area contributed by atoms with Crippen molar-refractivity contribution in [3.05, 3.63) is 60.2 Å². The zero-order chi connectivity index (χ0) is 35.2. The van der Waals surface area contributed by atoms with E-state index in [1.807, 2.05) is 0 Å². The highest BCUT2D eigenvalue weighted by Gasteiger charge is 2.78. The second-order valence-electron chi connectivity index (χ2n) is 9.66. The van der Waals surface area contributed by atoms with Gasteiger partial charge in [0.05, 0.1) is 13.2 Å². The van der Waals surface area contributed by atoms with Crippen molar-refractivity contribution in [1.29, 1.82) is 0 Å². The van der Waals surface area contributed by atoms with Crippen LogP contribution >= 0.6 is 0 Å². The summed E-state index contributed by atoms with van der Waals surface area (Å²) >= 11 is 0. The Morgan fingerprint density at radius 3 is 1.07 bits per heavy atom. The van der Waals surface area contributed by atoms with E-state index in [2.05, 4.69) is 9.47 Å². The Morgan fingerprint density at radius 2 is 0.804 bits per heavy atom. The molecule has 2 heterocycles. The number of esters is 2.